The highest BCUT2D eigenvalue weighted by Gasteiger charge is 2.33. The number of hydrogen-bond acceptors (Lipinski definition) is 4. The Balaban J connectivity index is 2.04. The predicted octanol–water partition coefficient (Wildman–Crippen LogP) is 3.47. The van der Waals surface area contributed by atoms with Crippen LogP contribution in [0.5, 0.6) is 0 Å². The van der Waals surface area contributed by atoms with Crippen molar-refractivity contribution in [3.63, 3.8) is 0 Å². The van der Waals surface area contributed by atoms with Crippen molar-refractivity contribution in [3.8, 4) is 0 Å². The van der Waals surface area contributed by atoms with Gasteiger partial charge in [0.25, 0.3) is 0 Å². The molecule has 0 unspecified atom stereocenters. The highest BCUT2D eigenvalue weighted by Crippen LogP contribution is 2.23. The number of carbonyl (C=O) groups excluding carboxylic acids is 2. The molecule has 144 valence electrons. The molecule has 6 nitrogen and oxygen atoms in total. The molecule has 0 aliphatic carbocycles. The van der Waals surface area contributed by atoms with Crippen molar-refractivity contribution < 1.29 is 14.3 Å². The first-order chi connectivity index (χ1) is 12.2. The number of pyridine rings is 1. The van der Waals surface area contributed by atoms with Crippen LogP contribution in [0.4, 0.5) is 4.79 Å². The number of ether oxygens (including phenoxy) is 1. The Bertz CT molecular complexity index is 610. The lowest BCUT2D eigenvalue weighted by Crippen LogP contribution is -2.49. The quantitative estimate of drug-likeness (QED) is 0.824. The maximum absolute atomic E-state index is 13.1. The van der Waals surface area contributed by atoms with Gasteiger partial charge in [0, 0.05) is 38.1 Å². The summed E-state index contributed by atoms with van der Waals surface area (Å²) < 4.78 is 5.46. The monoisotopic (exact) mass is 361 g/mol. The molecule has 2 heterocycles. The Labute approximate surface area is 156 Å². The van der Waals surface area contributed by atoms with E-state index < -0.39 is 5.60 Å². The summed E-state index contributed by atoms with van der Waals surface area (Å²) in [5.74, 6) is -0.0903. The summed E-state index contributed by atoms with van der Waals surface area (Å²) in [5, 5.41) is 0. The molecule has 0 spiro atoms. The summed E-state index contributed by atoms with van der Waals surface area (Å²) in [5.41, 5.74) is 0.479. The van der Waals surface area contributed by atoms with Crippen LogP contribution in [0, 0.1) is 5.92 Å². The van der Waals surface area contributed by atoms with Gasteiger partial charge in [-0.2, -0.15) is 0 Å². The third kappa shape index (κ3) is 5.71. The Morgan fingerprint density at radius 3 is 2.69 bits per heavy atom. The van der Waals surface area contributed by atoms with E-state index in [1.165, 1.54) is 0 Å². The third-order valence-corrected chi connectivity index (χ3v) is 4.40. The summed E-state index contributed by atoms with van der Waals surface area (Å²) in [4.78, 5) is 33.1. The minimum Gasteiger partial charge on any atom is -0.444 e. The molecule has 26 heavy (non-hydrogen) atoms. The van der Waals surface area contributed by atoms with Gasteiger partial charge in [0.15, 0.2) is 0 Å². The first-order valence-corrected chi connectivity index (χ1v) is 9.34. The molecule has 1 aromatic rings. The molecule has 0 saturated carbocycles. The molecule has 1 aliphatic heterocycles. The lowest BCUT2D eigenvalue weighted by Gasteiger charge is -2.37. The van der Waals surface area contributed by atoms with Crippen LogP contribution in [0.3, 0.4) is 0 Å². The summed E-state index contributed by atoms with van der Waals surface area (Å²) in [6, 6.07) is 3.94. The minimum atomic E-state index is -0.529. The van der Waals surface area contributed by atoms with Gasteiger partial charge in [0.05, 0.1) is 5.92 Å². The number of amides is 2. The van der Waals surface area contributed by atoms with E-state index in [1.54, 1.807) is 17.3 Å². The van der Waals surface area contributed by atoms with Crippen LogP contribution in [-0.2, 0) is 16.1 Å². The third-order valence-electron chi connectivity index (χ3n) is 4.40. The topological polar surface area (TPSA) is 62.7 Å². The molecule has 2 amide bonds. The number of nitrogens with zero attached hydrogens (tertiary/aromatic N) is 3. The maximum Gasteiger partial charge on any atom is 0.410 e. The fourth-order valence-electron chi connectivity index (χ4n) is 3.11. The summed E-state index contributed by atoms with van der Waals surface area (Å²) in [7, 11) is 0. The molecule has 1 fully saturated rings. The molecule has 1 saturated heterocycles. The van der Waals surface area contributed by atoms with Gasteiger partial charge < -0.3 is 14.5 Å². The molecule has 1 aliphatic rings. The Kier molecular flexibility index (Phi) is 6.62. The number of rotatable bonds is 4. The zero-order chi connectivity index (χ0) is 19.3. The lowest BCUT2D eigenvalue weighted by atomic mass is 9.96. The number of likely N-dealkylation sites (tertiary alicyclic amines) is 1. The van der Waals surface area contributed by atoms with Crippen molar-refractivity contribution in [1.82, 2.24) is 14.8 Å². The Morgan fingerprint density at radius 1 is 1.38 bits per heavy atom. The van der Waals surface area contributed by atoms with Crippen LogP contribution >= 0.6 is 0 Å². The smallest absolute Gasteiger partial charge is 0.410 e. The average Bonchev–Trinajstić information content (AvgIpc) is 2.58. The molecule has 1 atom stereocenters. The molecule has 0 bridgehead atoms. The van der Waals surface area contributed by atoms with E-state index in [4.69, 9.17) is 4.74 Å². The number of aromatic nitrogens is 1. The highest BCUT2D eigenvalue weighted by molar-refractivity contribution is 5.80. The van der Waals surface area contributed by atoms with E-state index in [0.717, 1.165) is 18.4 Å². The normalized spacial score (nSPS) is 17.9. The van der Waals surface area contributed by atoms with Crippen molar-refractivity contribution in [2.45, 2.75) is 65.6 Å². The molecule has 0 N–H and O–H groups in total. The summed E-state index contributed by atoms with van der Waals surface area (Å²) >= 11 is 0. The van der Waals surface area contributed by atoms with Gasteiger partial charge in [0.2, 0.25) is 5.91 Å². The Morgan fingerprint density at radius 2 is 2.12 bits per heavy atom. The molecule has 2 rings (SSSR count). The molecule has 6 heteroatoms. The van der Waals surface area contributed by atoms with Gasteiger partial charge in [-0.25, -0.2) is 4.79 Å². The fraction of sp³-hybridized carbons (Fsp3) is 0.650. The van der Waals surface area contributed by atoms with Crippen LogP contribution in [0.1, 0.15) is 53.0 Å². The molecule has 0 radical (unpaired) electrons. The van der Waals surface area contributed by atoms with Gasteiger partial charge in [-0.05, 0) is 59.1 Å². The van der Waals surface area contributed by atoms with Gasteiger partial charge in [0.1, 0.15) is 5.60 Å². The van der Waals surface area contributed by atoms with E-state index in [-0.39, 0.29) is 24.0 Å². The van der Waals surface area contributed by atoms with E-state index in [9.17, 15) is 9.59 Å². The van der Waals surface area contributed by atoms with Crippen LogP contribution in [0.25, 0.3) is 0 Å². The summed E-state index contributed by atoms with van der Waals surface area (Å²) in [6.45, 7) is 11.2. The van der Waals surface area contributed by atoms with Gasteiger partial charge in [-0.1, -0.05) is 6.07 Å². The largest absolute Gasteiger partial charge is 0.444 e. The number of piperidine rings is 1. The van der Waals surface area contributed by atoms with E-state index >= 15 is 0 Å². The number of carbonyl (C=O) groups is 2. The second-order valence-electron chi connectivity index (χ2n) is 8.19. The van der Waals surface area contributed by atoms with Crippen molar-refractivity contribution in [1.29, 1.82) is 0 Å². The van der Waals surface area contributed by atoms with Crippen LogP contribution in [0.15, 0.2) is 24.5 Å². The molecular formula is C20H31N3O3. The predicted molar refractivity (Wildman–Crippen MR) is 100 cm³/mol. The summed E-state index contributed by atoms with van der Waals surface area (Å²) in [6.07, 6.45) is 4.79. The van der Waals surface area contributed by atoms with Crippen LogP contribution in [0.2, 0.25) is 0 Å². The SMILES string of the molecule is CC(C)N(Cc1cccnc1)C(=O)[C@@H]1CCCN(C(=O)OC(C)(C)C)C1. The van der Waals surface area contributed by atoms with E-state index in [0.29, 0.717) is 19.6 Å². The maximum atomic E-state index is 13.1. The second kappa shape index (κ2) is 8.52. The highest BCUT2D eigenvalue weighted by atomic mass is 16.6. The fourth-order valence-corrected chi connectivity index (χ4v) is 3.11. The number of hydrogen-bond donors (Lipinski definition) is 0. The first-order valence-electron chi connectivity index (χ1n) is 9.34. The van der Waals surface area contributed by atoms with Gasteiger partial charge in [-0.15, -0.1) is 0 Å². The van der Waals surface area contributed by atoms with Crippen molar-refractivity contribution >= 4 is 12.0 Å². The molecule has 1 aromatic heterocycles. The second-order valence-corrected chi connectivity index (χ2v) is 8.19. The van der Waals surface area contributed by atoms with Crippen LogP contribution in [-0.4, -0.2) is 51.5 Å². The lowest BCUT2D eigenvalue weighted by molar-refractivity contribution is -0.139. The van der Waals surface area contributed by atoms with Crippen molar-refractivity contribution in [2.75, 3.05) is 13.1 Å². The van der Waals surface area contributed by atoms with E-state index in [2.05, 4.69) is 4.98 Å². The standard InChI is InChI=1S/C20H31N3O3/c1-15(2)23(13-16-8-6-10-21-12-16)18(24)17-9-7-11-22(14-17)19(25)26-20(3,4)5/h6,8,10,12,15,17H,7,9,11,13-14H2,1-5H3/t17-/m1/s1. The van der Waals surface area contributed by atoms with Gasteiger partial charge in [-0.3, -0.25) is 9.78 Å². The van der Waals surface area contributed by atoms with Crippen molar-refractivity contribution in [2.24, 2.45) is 5.92 Å². The minimum absolute atomic E-state index is 0.0830. The zero-order valence-corrected chi connectivity index (χ0v) is 16.6. The zero-order valence-electron chi connectivity index (χ0n) is 16.6. The van der Waals surface area contributed by atoms with Gasteiger partial charge >= 0.3 is 6.09 Å². The first kappa shape index (κ1) is 20.2. The molecule has 0 aromatic carbocycles. The van der Waals surface area contributed by atoms with E-state index in [1.807, 2.05) is 51.7 Å². The molecular weight excluding hydrogens is 330 g/mol. The van der Waals surface area contributed by atoms with Crippen LogP contribution < -0.4 is 0 Å². The van der Waals surface area contributed by atoms with Crippen molar-refractivity contribution in [3.05, 3.63) is 30.1 Å². The average molecular weight is 361 g/mol. The Hall–Kier alpha value is -2.11.